The van der Waals surface area contributed by atoms with Crippen molar-refractivity contribution in [3.8, 4) is 0 Å². The number of nitrogens with zero attached hydrogens (tertiary/aromatic N) is 2. The average Bonchev–Trinajstić information content (AvgIpc) is 3.45. The van der Waals surface area contributed by atoms with E-state index in [1.165, 1.54) is 67.6 Å². The van der Waals surface area contributed by atoms with Gasteiger partial charge in [-0.2, -0.15) is 0 Å². The smallest absolute Gasteiger partial charge is 0.264 e. The van der Waals surface area contributed by atoms with Gasteiger partial charge in [-0.3, -0.25) is 13.9 Å². The third kappa shape index (κ3) is 6.62. The van der Waals surface area contributed by atoms with E-state index >= 15 is 0 Å². The van der Waals surface area contributed by atoms with Crippen LogP contribution in [-0.4, -0.2) is 43.8 Å². The molecule has 0 aliphatic heterocycles. The van der Waals surface area contributed by atoms with E-state index < -0.39 is 46.1 Å². The number of carbonyl (C=O) groups excluding carboxylic acids is 2. The van der Waals surface area contributed by atoms with Crippen LogP contribution in [0.15, 0.2) is 83.8 Å². The lowest BCUT2D eigenvalue weighted by Gasteiger charge is -2.32. The molecule has 10 heteroatoms. The van der Waals surface area contributed by atoms with Gasteiger partial charge in [-0.05, 0) is 50.1 Å². The molecule has 1 N–H and O–H groups in total. The van der Waals surface area contributed by atoms with Gasteiger partial charge in [0.25, 0.3) is 10.0 Å². The van der Waals surface area contributed by atoms with Gasteiger partial charge in [0.2, 0.25) is 11.8 Å². The maximum absolute atomic E-state index is 14.9. The van der Waals surface area contributed by atoms with Crippen molar-refractivity contribution in [2.24, 2.45) is 0 Å². The van der Waals surface area contributed by atoms with E-state index in [0.717, 1.165) is 36.6 Å². The van der Waals surface area contributed by atoms with E-state index in [2.05, 4.69) is 5.32 Å². The van der Waals surface area contributed by atoms with Crippen molar-refractivity contribution >= 4 is 27.5 Å². The number of para-hydroxylation sites is 1. The third-order valence-corrected chi connectivity index (χ3v) is 8.67. The molecule has 0 spiro atoms. The number of rotatable bonds is 10. The van der Waals surface area contributed by atoms with Crippen LogP contribution in [-0.2, 0) is 26.2 Å². The lowest BCUT2D eigenvalue weighted by molar-refractivity contribution is -0.139. The van der Waals surface area contributed by atoms with Gasteiger partial charge >= 0.3 is 0 Å². The Hall–Kier alpha value is -3.79. The molecule has 0 heterocycles. The van der Waals surface area contributed by atoms with Gasteiger partial charge in [0.15, 0.2) is 0 Å². The Morgan fingerprint density at radius 1 is 0.897 bits per heavy atom. The molecule has 39 heavy (non-hydrogen) atoms. The van der Waals surface area contributed by atoms with Gasteiger partial charge in [-0.1, -0.05) is 61.4 Å². The Kier molecular flexibility index (Phi) is 8.96. The Labute approximate surface area is 227 Å². The van der Waals surface area contributed by atoms with Crippen LogP contribution in [0.2, 0.25) is 0 Å². The highest BCUT2D eigenvalue weighted by molar-refractivity contribution is 7.92. The van der Waals surface area contributed by atoms with Crippen molar-refractivity contribution in [1.82, 2.24) is 10.2 Å². The standard InChI is InChI=1S/C29H31F2N3O4S/c1-21(29(36)32-23-12-6-7-13-23)33(19-22-11-5-8-16-25(22)30)28(35)20-34(27-18-10-9-17-26(27)31)39(37,38)24-14-3-2-4-15-24/h2-5,8-11,14-18,21,23H,6-7,12-13,19-20H2,1H3,(H,32,36). The lowest BCUT2D eigenvalue weighted by atomic mass is 10.1. The van der Waals surface area contributed by atoms with Crippen LogP contribution in [0, 0.1) is 11.6 Å². The van der Waals surface area contributed by atoms with Crippen molar-refractivity contribution in [1.29, 1.82) is 0 Å². The van der Waals surface area contributed by atoms with Crippen molar-refractivity contribution in [3.63, 3.8) is 0 Å². The number of carbonyl (C=O) groups is 2. The quantitative estimate of drug-likeness (QED) is 0.395. The molecule has 3 aromatic carbocycles. The normalized spacial score (nSPS) is 14.5. The second-order valence-electron chi connectivity index (χ2n) is 9.56. The van der Waals surface area contributed by atoms with Gasteiger partial charge in [0, 0.05) is 18.2 Å². The van der Waals surface area contributed by atoms with Crippen LogP contribution in [0.5, 0.6) is 0 Å². The summed E-state index contributed by atoms with van der Waals surface area (Å²) >= 11 is 0. The molecular weight excluding hydrogens is 524 g/mol. The highest BCUT2D eigenvalue weighted by atomic mass is 32.2. The summed E-state index contributed by atoms with van der Waals surface area (Å²) in [4.78, 5) is 28.0. The molecule has 1 aliphatic rings. The average molecular weight is 556 g/mol. The maximum atomic E-state index is 14.9. The van der Waals surface area contributed by atoms with E-state index in [-0.39, 0.29) is 28.7 Å². The predicted octanol–water partition coefficient (Wildman–Crippen LogP) is 4.64. The monoisotopic (exact) mass is 555 g/mol. The first-order valence-electron chi connectivity index (χ1n) is 12.8. The van der Waals surface area contributed by atoms with Crippen molar-refractivity contribution in [2.45, 2.75) is 56.1 Å². The molecule has 206 valence electrons. The summed E-state index contributed by atoms with van der Waals surface area (Å²) in [6.07, 6.45) is 3.64. The molecule has 3 aromatic rings. The number of hydrogen-bond donors (Lipinski definition) is 1. The molecule has 1 unspecified atom stereocenters. The summed E-state index contributed by atoms with van der Waals surface area (Å²) in [7, 11) is -4.38. The zero-order chi connectivity index (χ0) is 28.0. The fourth-order valence-electron chi connectivity index (χ4n) is 4.67. The zero-order valence-electron chi connectivity index (χ0n) is 21.6. The van der Waals surface area contributed by atoms with Gasteiger partial charge in [-0.25, -0.2) is 17.2 Å². The Bertz CT molecular complexity index is 1410. The molecule has 1 aliphatic carbocycles. The van der Waals surface area contributed by atoms with Gasteiger partial charge in [-0.15, -0.1) is 0 Å². The second-order valence-corrected chi connectivity index (χ2v) is 11.4. The topological polar surface area (TPSA) is 86.8 Å². The maximum Gasteiger partial charge on any atom is 0.264 e. The fraction of sp³-hybridized carbons (Fsp3) is 0.310. The fourth-order valence-corrected chi connectivity index (χ4v) is 6.11. The summed E-state index contributed by atoms with van der Waals surface area (Å²) in [5.41, 5.74) is -0.154. The minimum Gasteiger partial charge on any atom is -0.352 e. The number of halogens is 2. The van der Waals surface area contributed by atoms with Gasteiger partial charge < -0.3 is 10.2 Å². The van der Waals surface area contributed by atoms with Crippen molar-refractivity contribution in [2.75, 3.05) is 10.8 Å². The first-order valence-corrected chi connectivity index (χ1v) is 14.3. The summed E-state index contributed by atoms with van der Waals surface area (Å²) in [6.45, 7) is 0.442. The van der Waals surface area contributed by atoms with Crippen molar-refractivity contribution in [3.05, 3.63) is 96.1 Å². The summed E-state index contributed by atoms with van der Waals surface area (Å²) < 4.78 is 57.5. The molecule has 0 aromatic heterocycles. The van der Waals surface area contributed by atoms with Gasteiger partial charge in [0.05, 0.1) is 10.6 Å². The number of amides is 2. The van der Waals surface area contributed by atoms with Crippen LogP contribution in [0.1, 0.15) is 38.2 Å². The Morgan fingerprint density at radius 2 is 1.49 bits per heavy atom. The van der Waals surface area contributed by atoms with E-state index in [0.29, 0.717) is 4.31 Å². The molecule has 4 rings (SSSR count). The van der Waals surface area contributed by atoms with E-state index in [1.807, 2.05) is 0 Å². The van der Waals surface area contributed by atoms with Crippen molar-refractivity contribution < 1.29 is 26.8 Å². The van der Waals surface area contributed by atoms with Crippen LogP contribution in [0.4, 0.5) is 14.5 Å². The molecule has 1 saturated carbocycles. The predicted molar refractivity (Wildman–Crippen MR) is 144 cm³/mol. The van der Waals surface area contributed by atoms with E-state index in [9.17, 15) is 26.8 Å². The minimum atomic E-state index is -4.38. The SMILES string of the molecule is CC(C(=O)NC1CCCC1)N(Cc1ccccc1F)C(=O)CN(c1ccccc1F)S(=O)(=O)c1ccccc1. The molecule has 1 atom stereocenters. The minimum absolute atomic E-state index is 0.0151. The third-order valence-electron chi connectivity index (χ3n) is 6.90. The Balaban J connectivity index is 1.69. The second kappa shape index (κ2) is 12.4. The molecule has 0 radical (unpaired) electrons. The highest BCUT2D eigenvalue weighted by Gasteiger charge is 2.34. The summed E-state index contributed by atoms with van der Waals surface area (Å²) in [6, 6.07) is 17.4. The first kappa shape index (κ1) is 28.2. The van der Waals surface area contributed by atoms with E-state index in [1.54, 1.807) is 12.1 Å². The van der Waals surface area contributed by atoms with Crippen LogP contribution in [0.25, 0.3) is 0 Å². The largest absolute Gasteiger partial charge is 0.352 e. The lowest BCUT2D eigenvalue weighted by Crippen LogP contribution is -2.52. The van der Waals surface area contributed by atoms with E-state index in [4.69, 9.17) is 0 Å². The molecule has 2 amide bonds. The highest BCUT2D eigenvalue weighted by Crippen LogP contribution is 2.27. The molecular formula is C29H31F2N3O4S. The Morgan fingerprint density at radius 3 is 2.13 bits per heavy atom. The number of nitrogens with one attached hydrogen (secondary N) is 1. The number of anilines is 1. The zero-order valence-corrected chi connectivity index (χ0v) is 22.4. The molecule has 0 bridgehead atoms. The number of sulfonamides is 1. The first-order chi connectivity index (χ1) is 18.7. The van der Waals surface area contributed by atoms with Crippen LogP contribution in [0.3, 0.4) is 0 Å². The molecule has 7 nitrogen and oxygen atoms in total. The summed E-state index contributed by atoms with van der Waals surface area (Å²) in [5, 5.41) is 2.95. The molecule has 0 saturated heterocycles. The van der Waals surface area contributed by atoms with Gasteiger partial charge in [0.1, 0.15) is 24.2 Å². The van der Waals surface area contributed by atoms with Crippen LogP contribution >= 0.6 is 0 Å². The van der Waals surface area contributed by atoms with Crippen LogP contribution < -0.4 is 9.62 Å². The number of benzene rings is 3. The summed E-state index contributed by atoms with van der Waals surface area (Å²) in [5.74, 6) is -2.61. The molecule has 1 fully saturated rings. The number of hydrogen-bond acceptors (Lipinski definition) is 4.